The Morgan fingerprint density at radius 3 is 3.06 bits per heavy atom. The van der Waals surface area contributed by atoms with E-state index >= 15 is 0 Å². The van der Waals surface area contributed by atoms with Crippen molar-refractivity contribution in [2.75, 3.05) is 12.0 Å². The lowest BCUT2D eigenvalue weighted by Gasteiger charge is -2.10. The van der Waals surface area contributed by atoms with Gasteiger partial charge in [0.2, 0.25) is 5.91 Å². The number of aryl methyl sites for hydroxylation is 1. The Labute approximate surface area is 104 Å². The first-order valence-corrected chi connectivity index (χ1v) is 7.28. The Kier molecular flexibility index (Phi) is 5.79. The van der Waals surface area contributed by atoms with Gasteiger partial charge in [-0.15, -0.1) is 11.3 Å². The van der Waals surface area contributed by atoms with Crippen molar-refractivity contribution >= 4 is 29.0 Å². The standard InChI is InChI=1S/C10H17N3OS2/c1-7-5-12-9(16-7)6-13-10(14)8(11)3-4-15-2/h5,8H,3-4,6,11H2,1-2H3,(H,13,14)/t8-/m1/s1. The van der Waals surface area contributed by atoms with Gasteiger partial charge in [-0.25, -0.2) is 4.98 Å². The number of thioether (sulfide) groups is 1. The van der Waals surface area contributed by atoms with Crippen molar-refractivity contribution in [3.8, 4) is 0 Å². The Morgan fingerprint density at radius 2 is 2.50 bits per heavy atom. The minimum absolute atomic E-state index is 0.0955. The van der Waals surface area contributed by atoms with Crippen LogP contribution in [0, 0.1) is 6.92 Å². The minimum atomic E-state index is -0.409. The van der Waals surface area contributed by atoms with Crippen molar-refractivity contribution in [2.24, 2.45) is 5.73 Å². The first-order chi connectivity index (χ1) is 7.63. The molecule has 1 amide bonds. The van der Waals surface area contributed by atoms with Crippen molar-refractivity contribution in [1.29, 1.82) is 0 Å². The van der Waals surface area contributed by atoms with Gasteiger partial charge >= 0.3 is 0 Å². The van der Waals surface area contributed by atoms with E-state index in [1.54, 1.807) is 29.3 Å². The van der Waals surface area contributed by atoms with E-state index in [0.29, 0.717) is 13.0 Å². The highest BCUT2D eigenvalue weighted by atomic mass is 32.2. The summed E-state index contributed by atoms with van der Waals surface area (Å²) in [7, 11) is 0. The predicted octanol–water partition coefficient (Wildman–Crippen LogP) is 1.15. The molecule has 1 atom stereocenters. The monoisotopic (exact) mass is 259 g/mol. The van der Waals surface area contributed by atoms with Crippen molar-refractivity contribution in [3.63, 3.8) is 0 Å². The number of nitrogens with two attached hydrogens (primary N) is 1. The van der Waals surface area contributed by atoms with E-state index in [2.05, 4.69) is 10.3 Å². The van der Waals surface area contributed by atoms with Gasteiger partial charge in [0.25, 0.3) is 0 Å². The molecule has 4 nitrogen and oxygen atoms in total. The van der Waals surface area contributed by atoms with E-state index in [0.717, 1.165) is 15.6 Å². The van der Waals surface area contributed by atoms with Crippen LogP contribution in [0.1, 0.15) is 16.3 Å². The number of aromatic nitrogens is 1. The zero-order valence-electron chi connectivity index (χ0n) is 9.53. The Bertz CT molecular complexity index is 341. The second-order valence-corrected chi connectivity index (χ2v) is 5.78. The van der Waals surface area contributed by atoms with Crippen LogP contribution in [0.25, 0.3) is 0 Å². The maximum absolute atomic E-state index is 11.6. The minimum Gasteiger partial charge on any atom is -0.348 e. The zero-order chi connectivity index (χ0) is 12.0. The molecule has 0 unspecified atom stereocenters. The van der Waals surface area contributed by atoms with E-state index in [1.807, 2.05) is 13.2 Å². The molecule has 0 spiro atoms. The molecular formula is C10H17N3OS2. The number of thiazole rings is 1. The fourth-order valence-electron chi connectivity index (χ4n) is 1.15. The molecule has 1 heterocycles. The number of hydrogen-bond acceptors (Lipinski definition) is 5. The van der Waals surface area contributed by atoms with Crippen LogP contribution in [0.15, 0.2) is 6.20 Å². The SMILES string of the molecule is CSCC[C@@H](N)C(=O)NCc1ncc(C)s1. The molecule has 90 valence electrons. The Morgan fingerprint density at radius 1 is 1.75 bits per heavy atom. The molecule has 1 aromatic heterocycles. The first-order valence-electron chi connectivity index (χ1n) is 5.07. The van der Waals surface area contributed by atoms with Gasteiger partial charge in [-0.3, -0.25) is 4.79 Å². The van der Waals surface area contributed by atoms with Gasteiger partial charge in [0.15, 0.2) is 0 Å². The number of carbonyl (C=O) groups is 1. The summed E-state index contributed by atoms with van der Waals surface area (Å²) in [5.74, 6) is 0.812. The van der Waals surface area contributed by atoms with E-state index in [1.165, 1.54) is 0 Å². The van der Waals surface area contributed by atoms with Gasteiger partial charge in [0, 0.05) is 11.1 Å². The van der Waals surface area contributed by atoms with E-state index in [9.17, 15) is 4.79 Å². The van der Waals surface area contributed by atoms with Crippen molar-refractivity contribution in [3.05, 3.63) is 16.1 Å². The van der Waals surface area contributed by atoms with Crippen LogP contribution in [0.2, 0.25) is 0 Å². The lowest BCUT2D eigenvalue weighted by Crippen LogP contribution is -2.40. The van der Waals surface area contributed by atoms with Crippen LogP contribution < -0.4 is 11.1 Å². The number of carbonyl (C=O) groups excluding carboxylic acids is 1. The molecule has 3 N–H and O–H groups in total. The van der Waals surface area contributed by atoms with Crippen LogP contribution in [0.4, 0.5) is 0 Å². The number of amides is 1. The second kappa shape index (κ2) is 6.88. The highest BCUT2D eigenvalue weighted by molar-refractivity contribution is 7.98. The quantitative estimate of drug-likeness (QED) is 0.804. The molecule has 16 heavy (non-hydrogen) atoms. The zero-order valence-corrected chi connectivity index (χ0v) is 11.2. The highest BCUT2D eigenvalue weighted by Crippen LogP contribution is 2.10. The summed E-state index contributed by atoms with van der Waals surface area (Å²) in [6.45, 7) is 2.47. The van der Waals surface area contributed by atoms with Gasteiger partial charge < -0.3 is 11.1 Å². The third kappa shape index (κ3) is 4.51. The lowest BCUT2D eigenvalue weighted by molar-refractivity contribution is -0.122. The normalized spacial score (nSPS) is 12.4. The van der Waals surface area contributed by atoms with E-state index in [-0.39, 0.29) is 5.91 Å². The molecule has 0 radical (unpaired) electrons. The molecule has 0 aliphatic heterocycles. The van der Waals surface area contributed by atoms with Crippen molar-refractivity contribution in [2.45, 2.75) is 25.9 Å². The fourth-order valence-corrected chi connectivity index (χ4v) is 2.37. The highest BCUT2D eigenvalue weighted by Gasteiger charge is 2.12. The smallest absolute Gasteiger partial charge is 0.237 e. The lowest BCUT2D eigenvalue weighted by atomic mass is 10.2. The third-order valence-electron chi connectivity index (χ3n) is 2.05. The molecule has 0 saturated carbocycles. The summed E-state index contributed by atoms with van der Waals surface area (Å²) in [6, 6.07) is -0.409. The average molecular weight is 259 g/mol. The summed E-state index contributed by atoms with van der Waals surface area (Å²) >= 11 is 3.28. The molecule has 0 aliphatic rings. The Hall–Kier alpha value is -0.590. The molecule has 0 aliphatic carbocycles. The molecule has 0 saturated heterocycles. The van der Waals surface area contributed by atoms with Crippen molar-refractivity contribution in [1.82, 2.24) is 10.3 Å². The summed E-state index contributed by atoms with van der Waals surface area (Å²) in [4.78, 5) is 16.9. The summed E-state index contributed by atoms with van der Waals surface area (Å²) in [5, 5.41) is 3.72. The van der Waals surface area contributed by atoms with Crippen molar-refractivity contribution < 1.29 is 4.79 Å². The summed E-state index contributed by atoms with van der Waals surface area (Å²) in [6.07, 6.45) is 4.52. The van der Waals surface area contributed by atoms with Crippen LogP contribution in [-0.2, 0) is 11.3 Å². The van der Waals surface area contributed by atoms with Gasteiger partial charge in [-0.1, -0.05) is 0 Å². The van der Waals surface area contributed by atoms with Crippen LogP contribution >= 0.6 is 23.1 Å². The topological polar surface area (TPSA) is 68.0 Å². The molecule has 1 rings (SSSR count). The molecule has 0 bridgehead atoms. The molecule has 1 aromatic rings. The van der Waals surface area contributed by atoms with Crippen LogP contribution in [-0.4, -0.2) is 28.9 Å². The number of hydrogen-bond donors (Lipinski definition) is 2. The van der Waals surface area contributed by atoms with E-state index < -0.39 is 6.04 Å². The number of nitrogens with one attached hydrogen (secondary N) is 1. The number of rotatable bonds is 6. The Balaban J connectivity index is 2.29. The molecule has 0 fully saturated rings. The molecule has 6 heteroatoms. The van der Waals surface area contributed by atoms with Gasteiger partial charge in [0.1, 0.15) is 5.01 Å². The number of nitrogens with zero attached hydrogens (tertiary/aromatic N) is 1. The van der Waals surface area contributed by atoms with Gasteiger partial charge in [-0.05, 0) is 25.4 Å². The predicted molar refractivity (Wildman–Crippen MR) is 69.7 cm³/mol. The van der Waals surface area contributed by atoms with Crippen LogP contribution in [0.3, 0.4) is 0 Å². The van der Waals surface area contributed by atoms with Gasteiger partial charge in [-0.2, -0.15) is 11.8 Å². The van der Waals surface area contributed by atoms with Crippen LogP contribution in [0.5, 0.6) is 0 Å². The average Bonchev–Trinajstić information content (AvgIpc) is 2.68. The van der Waals surface area contributed by atoms with E-state index in [4.69, 9.17) is 5.73 Å². The second-order valence-electron chi connectivity index (χ2n) is 3.47. The third-order valence-corrected chi connectivity index (χ3v) is 3.61. The summed E-state index contributed by atoms with van der Waals surface area (Å²) < 4.78 is 0. The first kappa shape index (κ1) is 13.5. The van der Waals surface area contributed by atoms with Gasteiger partial charge in [0.05, 0.1) is 12.6 Å². The fraction of sp³-hybridized carbons (Fsp3) is 0.600. The summed E-state index contributed by atoms with van der Waals surface area (Å²) in [5.41, 5.74) is 5.73. The molecule has 0 aromatic carbocycles. The molecular weight excluding hydrogens is 242 g/mol. The maximum Gasteiger partial charge on any atom is 0.237 e. The largest absolute Gasteiger partial charge is 0.348 e. The maximum atomic E-state index is 11.6.